The molecule has 1 atom stereocenters. The number of hydrogen-bond donors (Lipinski definition) is 1. The Bertz CT molecular complexity index is 1020. The van der Waals surface area contributed by atoms with Crippen molar-refractivity contribution in [3.63, 3.8) is 0 Å². The summed E-state index contributed by atoms with van der Waals surface area (Å²) in [5, 5.41) is 16.0. The van der Waals surface area contributed by atoms with E-state index in [1.807, 2.05) is 6.07 Å². The predicted octanol–water partition coefficient (Wildman–Crippen LogP) is 3.30. The van der Waals surface area contributed by atoms with Gasteiger partial charge in [0.25, 0.3) is 0 Å². The van der Waals surface area contributed by atoms with Crippen molar-refractivity contribution in [3.8, 4) is 6.07 Å². The zero-order valence-electron chi connectivity index (χ0n) is 17.8. The summed E-state index contributed by atoms with van der Waals surface area (Å²) in [4.78, 5) is 25.4. The van der Waals surface area contributed by atoms with E-state index in [4.69, 9.17) is 14.7 Å². The van der Waals surface area contributed by atoms with Gasteiger partial charge >= 0.3 is 12.1 Å². The molecule has 2 aliphatic carbocycles. The highest BCUT2D eigenvalue weighted by molar-refractivity contribution is 5.90. The van der Waals surface area contributed by atoms with Crippen LogP contribution in [0.15, 0.2) is 18.5 Å². The van der Waals surface area contributed by atoms with E-state index < -0.39 is 18.2 Å². The third-order valence-corrected chi connectivity index (χ3v) is 5.68. The fourth-order valence-corrected chi connectivity index (χ4v) is 4.39. The van der Waals surface area contributed by atoms with Gasteiger partial charge in [-0.3, -0.25) is 10.00 Å². The van der Waals surface area contributed by atoms with Crippen LogP contribution in [0.1, 0.15) is 54.5 Å². The number of ether oxygens (including phenoxy) is 2. The molecule has 31 heavy (non-hydrogen) atoms. The van der Waals surface area contributed by atoms with Crippen molar-refractivity contribution < 1.29 is 19.1 Å². The molecule has 0 saturated carbocycles. The first kappa shape index (κ1) is 20.9. The summed E-state index contributed by atoms with van der Waals surface area (Å²) >= 11 is 0. The number of hydrogen-bond acceptors (Lipinski definition) is 6. The number of aromatic nitrogens is 2. The SMILES string of the molecule is CC(C)OC(=O)[C@@H](Cn1cc(C#N)cn1)OC(=O)Nc1c2c(cc3c1CCC3)CCC2. The Morgan fingerprint density at radius 2 is 1.84 bits per heavy atom. The molecule has 1 aromatic heterocycles. The summed E-state index contributed by atoms with van der Waals surface area (Å²) in [6.45, 7) is 3.42. The standard InChI is InChI=1S/C23H26N4O4/c1-14(2)30-22(28)20(13-27-12-15(10-24)11-25-27)31-23(29)26-21-18-7-3-5-16(18)9-17-6-4-8-19(17)21/h9,11-12,14,20H,3-8,13H2,1-2H3,(H,26,29)/t20-/m1/s1. The second kappa shape index (κ2) is 8.80. The molecule has 0 unspecified atom stereocenters. The van der Waals surface area contributed by atoms with E-state index in [0.29, 0.717) is 5.56 Å². The van der Waals surface area contributed by atoms with Gasteiger partial charge in [0.15, 0.2) is 0 Å². The molecule has 0 radical (unpaired) electrons. The molecule has 1 N–H and O–H groups in total. The van der Waals surface area contributed by atoms with Crippen molar-refractivity contribution in [3.05, 3.63) is 46.3 Å². The maximum atomic E-state index is 12.8. The number of nitrogens with zero attached hydrogens (tertiary/aromatic N) is 3. The molecular weight excluding hydrogens is 396 g/mol. The molecule has 2 aromatic rings. The van der Waals surface area contributed by atoms with Crippen LogP contribution >= 0.6 is 0 Å². The summed E-state index contributed by atoms with van der Waals surface area (Å²) < 4.78 is 12.2. The highest BCUT2D eigenvalue weighted by Gasteiger charge is 2.29. The van der Waals surface area contributed by atoms with Crippen LogP contribution in [0.5, 0.6) is 0 Å². The van der Waals surface area contributed by atoms with Gasteiger partial charge in [-0.1, -0.05) is 6.07 Å². The van der Waals surface area contributed by atoms with E-state index in [2.05, 4.69) is 16.5 Å². The lowest BCUT2D eigenvalue weighted by Gasteiger charge is -2.20. The Labute approximate surface area is 181 Å². The summed E-state index contributed by atoms with van der Waals surface area (Å²) in [7, 11) is 0. The second-order valence-corrected chi connectivity index (χ2v) is 8.30. The predicted molar refractivity (Wildman–Crippen MR) is 113 cm³/mol. The Morgan fingerprint density at radius 1 is 1.16 bits per heavy atom. The topological polar surface area (TPSA) is 106 Å². The molecule has 0 saturated heterocycles. The maximum Gasteiger partial charge on any atom is 0.412 e. The lowest BCUT2D eigenvalue weighted by atomic mass is 9.99. The number of carbonyl (C=O) groups excluding carboxylic acids is 2. The molecule has 0 aliphatic heterocycles. The number of anilines is 1. The van der Waals surface area contributed by atoms with Gasteiger partial charge in [-0.15, -0.1) is 0 Å². The van der Waals surface area contributed by atoms with E-state index in [-0.39, 0.29) is 12.6 Å². The van der Waals surface area contributed by atoms with Crippen LogP contribution < -0.4 is 5.32 Å². The molecule has 8 heteroatoms. The third kappa shape index (κ3) is 4.55. The van der Waals surface area contributed by atoms with Gasteiger partial charge in [-0.2, -0.15) is 10.4 Å². The summed E-state index contributed by atoms with van der Waals surface area (Å²) in [6.07, 6.45) is 6.73. The van der Waals surface area contributed by atoms with Crippen LogP contribution in [0.25, 0.3) is 0 Å². The lowest BCUT2D eigenvalue weighted by molar-refractivity contribution is -0.158. The molecule has 0 spiro atoms. The van der Waals surface area contributed by atoms with Gasteiger partial charge < -0.3 is 9.47 Å². The molecule has 0 bridgehead atoms. The van der Waals surface area contributed by atoms with Crippen molar-refractivity contribution in [2.24, 2.45) is 0 Å². The van der Waals surface area contributed by atoms with Gasteiger partial charge in [-0.25, -0.2) is 9.59 Å². The van der Waals surface area contributed by atoms with Crippen molar-refractivity contribution in [1.82, 2.24) is 9.78 Å². The Balaban J connectivity index is 1.53. The molecule has 0 fully saturated rings. The summed E-state index contributed by atoms with van der Waals surface area (Å²) in [5.74, 6) is -0.650. The van der Waals surface area contributed by atoms with E-state index in [9.17, 15) is 9.59 Å². The number of carbonyl (C=O) groups is 2. The first-order chi connectivity index (χ1) is 14.9. The Kier molecular flexibility index (Phi) is 5.94. The monoisotopic (exact) mass is 422 g/mol. The first-order valence-corrected chi connectivity index (χ1v) is 10.7. The highest BCUT2D eigenvalue weighted by Crippen LogP contribution is 2.38. The minimum absolute atomic E-state index is 0.0361. The molecular formula is C23H26N4O4. The van der Waals surface area contributed by atoms with Gasteiger partial charge in [0.1, 0.15) is 6.07 Å². The molecule has 4 rings (SSSR count). The molecule has 1 amide bonds. The Morgan fingerprint density at radius 3 is 2.42 bits per heavy atom. The number of nitriles is 1. The minimum Gasteiger partial charge on any atom is -0.460 e. The van der Waals surface area contributed by atoms with Gasteiger partial charge in [0.2, 0.25) is 6.10 Å². The highest BCUT2D eigenvalue weighted by atomic mass is 16.6. The van der Waals surface area contributed by atoms with Crippen molar-refractivity contribution in [2.45, 2.75) is 71.1 Å². The van der Waals surface area contributed by atoms with E-state index in [1.54, 1.807) is 13.8 Å². The minimum atomic E-state index is -1.18. The van der Waals surface area contributed by atoms with Gasteiger partial charge in [0.05, 0.1) is 30.1 Å². The average molecular weight is 422 g/mol. The largest absolute Gasteiger partial charge is 0.460 e. The quantitative estimate of drug-likeness (QED) is 0.716. The number of aryl methyl sites for hydroxylation is 2. The van der Waals surface area contributed by atoms with Crippen LogP contribution in [0.2, 0.25) is 0 Å². The van der Waals surface area contributed by atoms with Crippen molar-refractivity contribution >= 4 is 17.7 Å². The molecule has 1 heterocycles. The number of fused-ring (bicyclic) bond motifs is 2. The second-order valence-electron chi connectivity index (χ2n) is 8.30. The van der Waals surface area contributed by atoms with Gasteiger partial charge in [-0.05, 0) is 74.6 Å². The molecule has 1 aromatic carbocycles. The third-order valence-electron chi connectivity index (χ3n) is 5.68. The number of benzene rings is 1. The van der Waals surface area contributed by atoms with E-state index in [0.717, 1.165) is 44.2 Å². The fourth-order valence-electron chi connectivity index (χ4n) is 4.39. The number of esters is 1. The van der Waals surface area contributed by atoms with Gasteiger partial charge in [0, 0.05) is 6.20 Å². The fraction of sp³-hybridized carbons (Fsp3) is 0.478. The maximum absolute atomic E-state index is 12.8. The average Bonchev–Trinajstić information content (AvgIpc) is 3.47. The molecule has 2 aliphatic rings. The first-order valence-electron chi connectivity index (χ1n) is 10.7. The van der Waals surface area contributed by atoms with E-state index >= 15 is 0 Å². The smallest absolute Gasteiger partial charge is 0.412 e. The normalized spacial score (nSPS) is 15.2. The number of amides is 1. The molecule has 162 valence electrons. The van der Waals surface area contributed by atoms with Crippen molar-refractivity contribution in [2.75, 3.05) is 5.32 Å². The summed E-state index contributed by atoms with van der Waals surface area (Å²) in [5.41, 5.74) is 6.18. The molecule has 8 nitrogen and oxygen atoms in total. The van der Waals surface area contributed by atoms with Crippen LogP contribution in [-0.2, 0) is 46.5 Å². The van der Waals surface area contributed by atoms with Crippen molar-refractivity contribution in [1.29, 1.82) is 5.26 Å². The summed E-state index contributed by atoms with van der Waals surface area (Å²) in [6, 6.07) is 4.27. The number of nitrogens with one attached hydrogen (secondary N) is 1. The number of rotatable bonds is 6. The van der Waals surface area contributed by atoms with Crippen LogP contribution in [0, 0.1) is 11.3 Å². The van der Waals surface area contributed by atoms with Crippen LogP contribution in [0.3, 0.4) is 0 Å². The van der Waals surface area contributed by atoms with E-state index in [1.165, 1.54) is 39.3 Å². The zero-order chi connectivity index (χ0) is 22.0. The van der Waals surface area contributed by atoms with Crippen LogP contribution in [-0.4, -0.2) is 34.1 Å². The zero-order valence-corrected chi connectivity index (χ0v) is 17.8. The Hall–Kier alpha value is -3.34. The van der Waals surface area contributed by atoms with Crippen LogP contribution in [0.4, 0.5) is 10.5 Å². The lowest BCUT2D eigenvalue weighted by Crippen LogP contribution is -2.36.